The smallest absolute Gasteiger partial charge is 0.320 e. The lowest BCUT2D eigenvalue weighted by atomic mass is 10.2. The first-order valence-corrected chi connectivity index (χ1v) is 5.77. The van der Waals surface area contributed by atoms with E-state index in [0.717, 1.165) is 18.7 Å². The van der Waals surface area contributed by atoms with Gasteiger partial charge in [-0.1, -0.05) is 29.3 Å². The van der Waals surface area contributed by atoms with Crippen molar-refractivity contribution in [1.82, 2.24) is 9.80 Å². The van der Waals surface area contributed by atoms with E-state index in [0.29, 0.717) is 16.6 Å². The third-order valence-corrected chi connectivity index (χ3v) is 3.40. The van der Waals surface area contributed by atoms with Gasteiger partial charge in [-0.05, 0) is 17.7 Å². The van der Waals surface area contributed by atoms with Crippen LogP contribution in [0, 0.1) is 0 Å². The predicted molar refractivity (Wildman–Crippen MR) is 64.9 cm³/mol. The summed E-state index contributed by atoms with van der Waals surface area (Å²) in [6.45, 7) is 2.12. The Balaban J connectivity index is 2.10. The largest absolute Gasteiger partial charge is 0.326 e. The number of urea groups is 1. The number of likely N-dealkylation sites (N-methyl/N-ethyl adjacent to an activating group) is 1. The molecule has 2 amide bonds. The number of nitrogens with zero attached hydrogens (tertiary/aromatic N) is 2. The molecule has 0 bridgehead atoms. The lowest BCUT2D eigenvalue weighted by Crippen LogP contribution is -2.28. The predicted octanol–water partition coefficient (Wildman–Crippen LogP) is 2.86. The zero-order chi connectivity index (χ0) is 11.7. The Morgan fingerprint density at radius 3 is 2.56 bits per heavy atom. The molecule has 5 heteroatoms. The highest BCUT2D eigenvalue weighted by Gasteiger charge is 2.24. The van der Waals surface area contributed by atoms with E-state index in [2.05, 4.69) is 0 Å². The summed E-state index contributed by atoms with van der Waals surface area (Å²) in [6, 6.07) is 5.50. The molecule has 1 aliphatic rings. The van der Waals surface area contributed by atoms with Crippen molar-refractivity contribution in [3.05, 3.63) is 33.8 Å². The van der Waals surface area contributed by atoms with Gasteiger partial charge in [0.1, 0.15) is 0 Å². The molecule has 1 aromatic rings. The van der Waals surface area contributed by atoms with Gasteiger partial charge < -0.3 is 9.80 Å². The van der Waals surface area contributed by atoms with Crippen molar-refractivity contribution in [1.29, 1.82) is 0 Å². The van der Waals surface area contributed by atoms with Crippen LogP contribution in [0.25, 0.3) is 0 Å². The van der Waals surface area contributed by atoms with Crippen LogP contribution in [0.1, 0.15) is 5.56 Å². The van der Waals surface area contributed by atoms with Crippen LogP contribution in [0.2, 0.25) is 10.0 Å². The quantitative estimate of drug-likeness (QED) is 0.801. The van der Waals surface area contributed by atoms with Crippen molar-refractivity contribution >= 4 is 29.2 Å². The van der Waals surface area contributed by atoms with Gasteiger partial charge in [0.15, 0.2) is 0 Å². The lowest BCUT2D eigenvalue weighted by molar-refractivity contribution is 0.197. The minimum atomic E-state index is 0.0612. The van der Waals surface area contributed by atoms with E-state index in [1.54, 1.807) is 29.0 Å². The number of carbonyl (C=O) groups is 1. The minimum absolute atomic E-state index is 0.0612. The maximum atomic E-state index is 11.7. The van der Waals surface area contributed by atoms with Crippen LogP contribution in [-0.2, 0) is 6.54 Å². The van der Waals surface area contributed by atoms with E-state index in [-0.39, 0.29) is 6.03 Å². The second-order valence-electron chi connectivity index (χ2n) is 3.87. The van der Waals surface area contributed by atoms with Crippen molar-refractivity contribution in [2.24, 2.45) is 0 Å². The summed E-state index contributed by atoms with van der Waals surface area (Å²) < 4.78 is 0. The molecule has 86 valence electrons. The fraction of sp³-hybridized carbons (Fsp3) is 0.364. The van der Waals surface area contributed by atoms with Gasteiger partial charge in [-0.2, -0.15) is 0 Å². The van der Waals surface area contributed by atoms with Crippen molar-refractivity contribution in [2.45, 2.75) is 6.54 Å². The standard InChI is InChI=1S/C11H12Cl2N2O/c1-14-4-5-15(11(14)16)7-8-2-3-9(12)10(13)6-8/h2-3,6H,4-5,7H2,1H3. The molecule has 3 nitrogen and oxygen atoms in total. The van der Waals surface area contributed by atoms with Crippen molar-refractivity contribution in [3.63, 3.8) is 0 Å². The molecule has 16 heavy (non-hydrogen) atoms. The van der Waals surface area contributed by atoms with E-state index in [9.17, 15) is 4.79 Å². The van der Waals surface area contributed by atoms with E-state index in [4.69, 9.17) is 23.2 Å². The van der Waals surface area contributed by atoms with Crippen LogP contribution in [0.4, 0.5) is 4.79 Å². The third kappa shape index (κ3) is 2.25. The summed E-state index contributed by atoms with van der Waals surface area (Å²) in [5.41, 5.74) is 0.998. The van der Waals surface area contributed by atoms with Crippen molar-refractivity contribution in [2.75, 3.05) is 20.1 Å². The molecule has 1 heterocycles. The molecule has 0 aliphatic carbocycles. The molecule has 0 saturated carbocycles. The maximum Gasteiger partial charge on any atom is 0.320 e. The molecule has 0 radical (unpaired) electrons. The highest BCUT2D eigenvalue weighted by molar-refractivity contribution is 6.42. The summed E-state index contributed by atoms with van der Waals surface area (Å²) in [7, 11) is 1.80. The summed E-state index contributed by atoms with van der Waals surface area (Å²) in [5.74, 6) is 0. The summed E-state index contributed by atoms with van der Waals surface area (Å²) in [4.78, 5) is 15.2. The molecule has 1 saturated heterocycles. The number of hydrogen-bond acceptors (Lipinski definition) is 1. The van der Waals surface area contributed by atoms with Gasteiger partial charge in [0, 0.05) is 26.7 Å². The van der Waals surface area contributed by atoms with Gasteiger partial charge in [-0.15, -0.1) is 0 Å². The normalized spacial score (nSPS) is 16.1. The topological polar surface area (TPSA) is 23.6 Å². The van der Waals surface area contributed by atoms with Gasteiger partial charge in [0.2, 0.25) is 0 Å². The van der Waals surface area contributed by atoms with Crippen LogP contribution in [0.3, 0.4) is 0 Å². The molecule has 1 fully saturated rings. The van der Waals surface area contributed by atoms with Gasteiger partial charge in [0.25, 0.3) is 0 Å². The second kappa shape index (κ2) is 4.52. The Bertz CT molecular complexity index is 422. The Morgan fingerprint density at radius 2 is 2.00 bits per heavy atom. The van der Waals surface area contributed by atoms with Crippen LogP contribution in [0.5, 0.6) is 0 Å². The van der Waals surface area contributed by atoms with Gasteiger partial charge in [-0.3, -0.25) is 0 Å². The van der Waals surface area contributed by atoms with Crippen LogP contribution in [0.15, 0.2) is 18.2 Å². The number of halogens is 2. The van der Waals surface area contributed by atoms with Gasteiger partial charge in [-0.25, -0.2) is 4.79 Å². The fourth-order valence-corrected chi connectivity index (χ4v) is 2.03. The Morgan fingerprint density at radius 1 is 1.25 bits per heavy atom. The average molecular weight is 259 g/mol. The summed E-state index contributed by atoms with van der Waals surface area (Å²) in [5, 5.41) is 1.06. The number of benzene rings is 1. The van der Waals surface area contributed by atoms with Crippen LogP contribution in [-0.4, -0.2) is 36.0 Å². The molecule has 0 spiro atoms. The molecule has 0 N–H and O–H groups in total. The lowest BCUT2D eigenvalue weighted by Gasteiger charge is -2.16. The van der Waals surface area contributed by atoms with E-state index in [1.807, 2.05) is 6.07 Å². The van der Waals surface area contributed by atoms with Gasteiger partial charge >= 0.3 is 6.03 Å². The van der Waals surface area contributed by atoms with Crippen LogP contribution >= 0.6 is 23.2 Å². The van der Waals surface area contributed by atoms with E-state index >= 15 is 0 Å². The molecule has 1 aromatic carbocycles. The Hall–Kier alpha value is -0.930. The molecular weight excluding hydrogens is 247 g/mol. The molecule has 0 aromatic heterocycles. The first kappa shape index (κ1) is 11.6. The Labute approximate surface area is 105 Å². The van der Waals surface area contributed by atoms with Crippen molar-refractivity contribution in [3.8, 4) is 0 Å². The monoisotopic (exact) mass is 258 g/mol. The first-order valence-electron chi connectivity index (χ1n) is 5.02. The van der Waals surface area contributed by atoms with E-state index in [1.165, 1.54) is 0 Å². The molecule has 0 atom stereocenters. The SMILES string of the molecule is CN1CCN(Cc2ccc(Cl)c(Cl)c2)C1=O. The van der Waals surface area contributed by atoms with Crippen LogP contribution < -0.4 is 0 Å². The first-order chi connectivity index (χ1) is 7.58. The fourth-order valence-electron chi connectivity index (χ4n) is 1.71. The highest BCUT2D eigenvalue weighted by Crippen LogP contribution is 2.23. The molecule has 2 rings (SSSR count). The van der Waals surface area contributed by atoms with E-state index < -0.39 is 0 Å². The van der Waals surface area contributed by atoms with Gasteiger partial charge in [0.05, 0.1) is 10.0 Å². The number of hydrogen-bond donors (Lipinski definition) is 0. The second-order valence-corrected chi connectivity index (χ2v) is 4.69. The number of rotatable bonds is 2. The highest BCUT2D eigenvalue weighted by atomic mass is 35.5. The molecular formula is C11H12Cl2N2O. The third-order valence-electron chi connectivity index (χ3n) is 2.66. The molecule has 1 aliphatic heterocycles. The number of carbonyl (C=O) groups excluding carboxylic acids is 1. The Kier molecular flexibility index (Phi) is 3.26. The minimum Gasteiger partial charge on any atom is -0.326 e. The summed E-state index contributed by atoms with van der Waals surface area (Å²) in [6.07, 6.45) is 0. The van der Waals surface area contributed by atoms with Crippen molar-refractivity contribution < 1.29 is 4.79 Å². The summed E-state index contributed by atoms with van der Waals surface area (Å²) >= 11 is 11.7. The average Bonchev–Trinajstić information content (AvgIpc) is 2.55. The zero-order valence-electron chi connectivity index (χ0n) is 8.91. The number of amides is 2. The molecule has 0 unspecified atom stereocenters. The maximum absolute atomic E-state index is 11.7. The zero-order valence-corrected chi connectivity index (χ0v) is 10.4.